The van der Waals surface area contributed by atoms with Gasteiger partial charge in [0.05, 0.1) is 12.7 Å². The summed E-state index contributed by atoms with van der Waals surface area (Å²) in [6.45, 7) is 1.95. The Balaban J connectivity index is 1.81. The Morgan fingerprint density at radius 1 is 1.00 bits per heavy atom. The summed E-state index contributed by atoms with van der Waals surface area (Å²) < 4.78 is 12.5. The Bertz CT molecular complexity index is 1350. The number of carbonyl (C=O) groups is 3. The van der Waals surface area contributed by atoms with Gasteiger partial charge >= 0.3 is 11.9 Å². The van der Waals surface area contributed by atoms with Crippen molar-refractivity contribution < 1.29 is 23.9 Å². The van der Waals surface area contributed by atoms with E-state index in [0.29, 0.717) is 11.3 Å². The number of rotatable bonds is 4. The average Bonchev–Trinajstić information content (AvgIpc) is 3.12. The molecule has 0 aliphatic carbocycles. The van der Waals surface area contributed by atoms with E-state index in [2.05, 4.69) is 15.9 Å². The molecule has 6 nitrogen and oxygen atoms in total. The van der Waals surface area contributed by atoms with Gasteiger partial charge in [0.2, 0.25) is 0 Å². The van der Waals surface area contributed by atoms with E-state index >= 15 is 0 Å². The molecule has 2 atom stereocenters. The number of anilines is 1. The first-order valence-corrected chi connectivity index (χ1v) is 11.9. The van der Waals surface area contributed by atoms with Gasteiger partial charge in [-0.2, -0.15) is 0 Å². The van der Waals surface area contributed by atoms with Crippen LogP contribution in [0, 0.1) is 6.92 Å². The molecule has 2 aliphatic heterocycles. The van der Waals surface area contributed by atoms with Crippen LogP contribution < -0.4 is 4.90 Å². The number of halogens is 1. The molecule has 1 fully saturated rings. The van der Waals surface area contributed by atoms with Crippen LogP contribution in [-0.2, 0) is 23.9 Å². The van der Waals surface area contributed by atoms with Gasteiger partial charge in [0.1, 0.15) is 11.9 Å². The van der Waals surface area contributed by atoms with Crippen molar-refractivity contribution in [1.82, 2.24) is 0 Å². The Morgan fingerprint density at radius 2 is 1.66 bits per heavy atom. The normalized spacial score (nSPS) is 21.6. The fraction of sp³-hybridized carbons (Fsp3) is 0.179. The monoisotopic (exact) mass is 531 g/mol. The van der Waals surface area contributed by atoms with E-state index in [1.165, 1.54) is 12.0 Å². The number of ketones is 1. The lowest BCUT2D eigenvalue weighted by Gasteiger charge is -2.42. The van der Waals surface area contributed by atoms with Gasteiger partial charge in [-0.3, -0.25) is 14.5 Å². The summed E-state index contributed by atoms with van der Waals surface area (Å²) >= 11 is 3.40. The van der Waals surface area contributed by atoms with Gasteiger partial charge < -0.3 is 9.47 Å². The molecule has 3 aromatic rings. The van der Waals surface area contributed by atoms with Gasteiger partial charge in [-0.15, -0.1) is 0 Å². The summed E-state index contributed by atoms with van der Waals surface area (Å²) in [5, 5.41) is 0. The van der Waals surface area contributed by atoms with Crippen molar-refractivity contribution in [3.63, 3.8) is 0 Å². The molecular weight excluding hydrogens is 510 g/mol. The number of fused-ring (bicyclic) bond motifs is 1. The maximum absolute atomic E-state index is 13.7. The minimum Gasteiger partial charge on any atom is -0.484 e. The zero-order valence-corrected chi connectivity index (χ0v) is 20.7. The van der Waals surface area contributed by atoms with Crippen LogP contribution >= 0.6 is 15.9 Å². The molecule has 0 N–H and O–H groups in total. The third-order valence-electron chi connectivity index (χ3n) is 6.48. The van der Waals surface area contributed by atoms with Crippen LogP contribution in [0.4, 0.5) is 5.69 Å². The SMILES string of the molecule is COC(=O)[C@]12C[C@@H](c3ccccc3)OC(c3ccc(C)cc3)=C1C(=O)C(=O)N2c1ccc(Br)cc1. The molecule has 0 bridgehead atoms. The average molecular weight is 532 g/mol. The molecule has 1 amide bonds. The van der Waals surface area contributed by atoms with E-state index in [-0.39, 0.29) is 17.8 Å². The number of esters is 1. The van der Waals surface area contributed by atoms with Crippen molar-refractivity contribution in [2.45, 2.75) is 25.0 Å². The van der Waals surface area contributed by atoms with Crippen LogP contribution in [-0.4, -0.2) is 30.3 Å². The highest BCUT2D eigenvalue weighted by Crippen LogP contribution is 2.52. The molecule has 176 valence electrons. The van der Waals surface area contributed by atoms with Gasteiger partial charge in [-0.05, 0) is 36.8 Å². The fourth-order valence-corrected chi connectivity index (χ4v) is 5.09. The first-order chi connectivity index (χ1) is 16.9. The second kappa shape index (κ2) is 8.82. The van der Waals surface area contributed by atoms with Crippen LogP contribution in [0.3, 0.4) is 0 Å². The number of hydrogen-bond donors (Lipinski definition) is 0. The fourth-order valence-electron chi connectivity index (χ4n) is 4.82. The van der Waals surface area contributed by atoms with Crippen LogP contribution in [0.2, 0.25) is 0 Å². The van der Waals surface area contributed by atoms with Crippen molar-refractivity contribution in [3.05, 3.63) is 106 Å². The Morgan fingerprint density at radius 3 is 2.29 bits per heavy atom. The lowest BCUT2D eigenvalue weighted by molar-refractivity contribution is -0.147. The molecule has 0 unspecified atom stereocenters. The smallest absolute Gasteiger partial charge is 0.337 e. The molecule has 1 saturated heterocycles. The largest absolute Gasteiger partial charge is 0.484 e. The third kappa shape index (κ3) is 3.67. The van der Waals surface area contributed by atoms with Crippen LogP contribution in [0.1, 0.15) is 29.2 Å². The van der Waals surface area contributed by atoms with Crippen LogP contribution in [0.15, 0.2) is 88.9 Å². The molecule has 3 aromatic carbocycles. The molecule has 0 radical (unpaired) electrons. The highest BCUT2D eigenvalue weighted by atomic mass is 79.9. The zero-order chi connectivity index (χ0) is 24.7. The summed E-state index contributed by atoms with van der Waals surface area (Å²) in [5.41, 5.74) is 1.20. The van der Waals surface area contributed by atoms with Gasteiger partial charge in [0.25, 0.3) is 5.78 Å². The van der Waals surface area contributed by atoms with Crippen LogP contribution in [0.25, 0.3) is 5.76 Å². The van der Waals surface area contributed by atoms with Crippen molar-refractivity contribution in [2.24, 2.45) is 0 Å². The minimum atomic E-state index is -1.68. The first kappa shape index (κ1) is 23.1. The van der Waals surface area contributed by atoms with E-state index in [9.17, 15) is 14.4 Å². The van der Waals surface area contributed by atoms with Crippen molar-refractivity contribution >= 4 is 45.0 Å². The molecule has 5 rings (SSSR count). The van der Waals surface area contributed by atoms with E-state index < -0.39 is 29.3 Å². The number of benzene rings is 3. The van der Waals surface area contributed by atoms with E-state index in [1.54, 1.807) is 24.3 Å². The van der Waals surface area contributed by atoms with Crippen LogP contribution in [0.5, 0.6) is 0 Å². The number of amides is 1. The topological polar surface area (TPSA) is 72.9 Å². The number of carbonyl (C=O) groups excluding carboxylic acids is 3. The summed E-state index contributed by atoms with van der Waals surface area (Å²) in [4.78, 5) is 42.0. The molecule has 2 heterocycles. The maximum atomic E-state index is 13.7. The molecule has 35 heavy (non-hydrogen) atoms. The molecule has 0 aromatic heterocycles. The highest BCUT2D eigenvalue weighted by molar-refractivity contribution is 9.10. The maximum Gasteiger partial charge on any atom is 0.337 e. The Labute approximate surface area is 211 Å². The number of nitrogens with zero attached hydrogens (tertiary/aromatic N) is 1. The van der Waals surface area contributed by atoms with Gasteiger partial charge in [-0.1, -0.05) is 76.1 Å². The van der Waals surface area contributed by atoms with Crippen molar-refractivity contribution in [3.8, 4) is 0 Å². The number of aryl methyl sites for hydroxylation is 1. The summed E-state index contributed by atoms with van der Waals surface area (Å²) in [7, 11) is 1.26. The quantitative estimate of drug-likeness (QED) is 0.343. The summed E-state index contributed by atoms with van der Waals surface area (Å²) in [5.74, 6) is -2.05. The molecular formula is C28H22BrNO5. The second-order valence-corrected chi connectivity index (χ2v) is 9.51. The third-order valence-corrected chi connectivity index (χ3v) is 7.01. The van der Waals surface area contributed by atoms with Crippen molar-refractivity contribution in [2.75, 3.05) is 12.0 Å². The standard InChI is InChI=1S/C28H22BrNO5/c1-17-8-10-19(11-9-17)25-23-24(31)26(32)30(21-14-12-20(29)13-15-21)28(23,27(33)34-2)16-22(35-25)18-6-4-3-5-7-18/h3-15,22H,16H2,1-2H3/t22-,28-/m0/s1. The number of methoxy groups -OCH3 is 1. The highest BCUT2D eigenvalue weighted by Gasteiger charge is 2.65. The van der Waals surface area contributed by atoms with Gasteiger partial charge in [0.15, 0.2) is 5.54 Å². The Hall–Kier alpha value is -3.71. The molecule has 0 saturated carbocycles. The summed E-state index contributed by atoms with van der Waals surface area (Å²) in [6.07, 6.45) is -0.575. The van der Waals surface area contributed by atoms with Gasteiger partial charge in [0, 0.05) is 22.1 Å². The first-order valence-electron chi connectivity index (χ1n) is 11.1. The van der Waals surface area contributed by atoms with Crippen molar-refractivity contribution in [1.29, 1.82) is 0 Å². The molecule has 2 aliphatic rings. The summed E-state index contributed by atoms with van der Waals surface area (Å²) in [6, 6.07) is 23.8. The van der Waals surface area contributed by atoms with E-state index in [1.807, 2.05) is 61.5 Å². The van der Waals surface area contributed by atoms with E-state index in [4.69, 9.17) is 9.47 Å². The minimum absolute atomic E-state index is 0.00769. The molecule has 7 heteroatoms. The molecule has 0 spiro atoms. The lowest BCUT2D eigenvalue weighted by atomic mass is 9.78. The number of ether oxygens (including phenoxy) is 2. The predicted molar refractivity (Wildman–Crippen MR) is 134 cm³/mol. The Kier molecular flexibility index (Phi) is 5.81. The van der Waals surface area contributed by atoms with Gasteiger partial charge in [-0.25, -0.2) is 4.79 Å². The number of hydrogen-bond acceptors (Lipinski definition) is 5. The zero-order valence-electron chi connectivity index (χ0n) is 19.2. The lowest BCUT2D eigenvalue weighted by Crippen LogP contribution is -2.56. The second-order valence-electron chi connectivity index (χ2n) is 8.59. The predicted octanol–water partition coefficient (Wildman–Crippen LogP) is 5.16. The van der Waals surface area contributed by atoms with E-state index in [0.717, 1.165) is 15.6 Å². The number of Topliss-reactive ketones (excluding diaryl/α,β-unsaturated/α-hetero) is 1.